The zero-order valence-corrected chi connectivity index (χ0v) is 22.7. The van der Waals surface area contributed by atoms with Crippen molar-refractivity contribution in [1.29, 1.82) is 0 Å². The Kier molecular flexibility index (Phi) is 12.7. The van der Waals surface area contributed by atoms with Crippen molar-refractivity contribution in [3.8, 4) is 0 Å². The summed E-state index contributed by atoms with van der Waals surface area (Å²) < 4.78 is 63.6. The average molecular weight is 498 g/mol. The third-order valence-electron chi connectivity index (χ3n) is 3.38. The molecular weight excluding hydrogens is 482 g/mol. The van der Waals surface area contributed by atoms with Gasteiger partial charge in [-0.15, -0.1) is 10.2 Å². The summed E-state index contributed by atoms with van der Waals surface area (Å²) in [6, 6.07) is 11.0. The molecule has 0 bridgehead atoms. The van der Waals surface area contributed by atoms with E-state index in [1.807, 2.05) is 0 Å². The Hall–Kier alpha value is -1.46. The van der Waals surface area contributed by atoms with E-state index in [4.69, 9.17) is 20.6 Å². The summed E-state index contributed by atoms with van der Waals surface area (Å²) in [6.07, 6.45) is 2.07. The van der Waals surface area contributed by atoms with Crippen molar-refractivity contribution in [1.82, 2.24) is 0 Å². The SMILES string of the molecule is NC(=N\N=Cc1ccccc1S(=O)(=O)O)/C(N)=N/N=Cc1ccccc1S(=O)(=O)O.[Na].[Na]. The Morgan fingerprint density at radius 3 is 1.31 bits per heavy atom. The molecule has 2 rings (SSSR count). The molecular formula is C16H16N6Na2O6S2. The molecule has 2 aromatic rings. The minimum Gasteiger partial charge on any atom is -0.379 e. The maximum Gasteiger partial charge on any atom is 0.295 e. The Bertz CT molecular complexity index is 1180. The van der Waals surface area contributed by atoms with E-state index >= 15 is 0 Å². The van der Waals surface area contributed by atoms with E-state index in [0.717, 1.165) is 12.4 Å². The summed E-state index contributed by atoms with van der Waals surface area (Å²) in [6.45, 7) is 0. The van der Waals surface area contributed by atoms with E-state index < -0.39 is 20.2 Å². The monoisotopic (exact) mass is 498 g/mol. The first-order chi connectivity index (χ1) is 14.0. The summed E-state index contributed by atoms with van der Waals surface area (Å²) in [4.78, 5) is -0.738. The van der Waals surface area contributed by atoms with Crippen LogP contribution >= 0.6 is 0 Å². The van der Waals surface area contributed by atoms with Gasteiger partial charge >= 0.3 is 0 Å². The summed E-state index contributed by atoms with van der Waals surface area (Å²) in [5.41, 5.74) is 11.3. The second kappa shape index (κ2) is 13.3. The van der Waals surface area contributed by atoms with Crippen LogP contribution in [0.5, 0.6) is 0 Å². The topological polar surface area (TPSA) is 210 Å². The van der Waals surface area contributed by atoms with Crippen LogP contribution in [0, 0.1) is 0 Å². The van der Waals surface area contributed by atoms with Gasteiger partial charge in [0.15, 0.2) is 11.7 Å². The zero-order chi connectivity index (χ0) is 22.4. The van der Waals surface area contributed by atoms with Crippen molar-refractivity contribution in [2.45, 2.75) is 9.79 Å². The van der Waals surface area contributed by atoms with Gasteiger partial charge in [0.1, 0.15) is 9.79 Å². The van der Waals surface area contributed by atoms with Gasteiger partial charge in [0.25, 0.3) is 20.2 Å². The molecule has 16 heteroatoms. The smallest absolute Gasteiger partial charge is 0.295 e. The number of hydrogen-bond acceptors (Lipinski definition) is 8. The van der Waals surface area contributed by atoms with Crippen molar-refractivity contribution in [2.24, 2.45) is 31.9 Å². The second-order valence-corrected chi connectivity index (χ2v) is 8.27. The maximum absolute atomic E-state index is 11.3. The molecule has 0 amide bonds. The molecule has 0 aliphatic carbocycles. The van der Waals surface area contributed by atoms with Gasteiger partial charge in [-0.2, -0.15) is 27.0 Å². The Morgan fingerprint density at radius 2 is 1.00 bits per heavy atom. The molecule has 6 N–H and O–H groups in total. The molecule has 0 aliphatic heterocycles. The fourth-order valence-electron chi connectivity index (χ4n) is 2.05. The van der Waals surface area contributed by atoms with Gasteiger partial charge in [-0.25, -0.2) is 0 Å². The largest absolute Gasteiger partial charge is 0.379 e. The molecule has 0 aromatic heterocycles. The van der Waals surface area contributed by atoms with Gasteiger partial charge in [-0.1, -0.05) is 36.4 Å². The van der Waals surface area contributed by atoms with Crippen molar-refractivity contribution in [3.63, 3.8) is 0 Å². The normalized spacial score (nSPS) is 13.1. The zero-order valence-electron chi connectivity index (χ0n) is 17.1. The average Bonchev–Trinajstić information content (AvgIpc) is 2.67. The van der Waals surface area contributed by atoms with Gasteiger partial charge in [-0.05, 0) is 12.1 Å². The maximum atomic E-state index is 11.3. The van der Waals surface area contributed by atoms with Crippen LogP contribution in [-0.4, -0.2) is 109 Å². The standard InChI is InChI=1S/C16H16N6O6S2.2Na/c17-15(21-19-9-11-5-1-3-7-13(11)29(23,24)25)16(18)22-20-10-12-6-2-4-8-14(12)30(26,27)28;;/h1-10H,(H2,17,21)(H2,18,22)(H,23,24,25)(H,26,27,28);;. The minimum atomic E-state index is -4.45. The first-order valence-corrected chi connectivity index (χ1v) is 10.7. The molecule has 160 valence electrons. The van der Waals surface area contributed by atoms with E-state index in [2.05, 4.69) is 20.4 Å². The summed E-state index contributed by atoms with van der Waals surface area (Å²) in [5.74, 6) is -0.730. The number of rotatable bonds is 6. The van der Waals surface area contributed by atoms with Gasteiger partial charge in [0.05, 0.1) is 12.4 Å². The van der Waals surface area contributed by atoms with Crippen LogP contribution in [0.3, 0.4) is 0 Å². The number of nitrogens with zero attached hydrogens (tertiary/aromatic N) is 4. The quantitative estimate of drug-likeness (QED) is 0.134. The molecule has 0 saturated heterocycles. The third-order valence-corrected chi connectivity index (χ3v) is 5.24. The van der Waals surface area contributed by atoms with Crippen molar-refractivity contribution in [3.05, 3.63) is 59.7 Å². The first-order valence-electron chi connectivity index (χ1n) is 7.86. The Balaban J connectivity index is 0.00000480. The number of nitrogens with two attached hydrogens (primary N) is 2. The van der Waals surface area contributed by atoms with Crippen LogP contribution < -0.4 is 11.5 Å². The molecule has 0 aliphatic rings. The number of amidine groups is 2. The molecule has 0 spiro atoms. The molecule has 0 heterocycles. The predicted octanol–water partition coefficient (Wildman–Crippen LogP) is -0.499. The van der Waals surface area contributed by atoms with E-state index in [1.54, 1.807) is 0 Å². The van der Waals surface area contributed by atoms with E-state index in [0.29, 0.717) is 0 Å². The summed E-state index contributed by atoms with van der Waals surface area (Å²) in [7, 11) is -8.90. The summed E-state index contributed by atoms with van der Waals surface area (Å²) in [5, 5.41) is 14.3. The van der Waals surface area contributed by atoms with Crippen LogP contribution in [0.4, 0.5) is 0 Å². The van der Waals surface area contributed by atoms with Crippen molar-refractivity contribution in [2.75, 3.05) is 0 Å². The van der Waals surface area contributed by atoms with Crippen LogP contribution in [0.1, 0.15) is 11.1 Å². The van der Waals surface area contributed by atoms with Crippen molar-refractivity contribution >= 4 is 103 Å². The van der Waals surface area contributed by atoms with Gasteiger partial charge in [-0.3, -0.25) is 9.11 Å². The molecule has 0 fully saturated rings. The Labute approximate surface area is 228 Å². The third kappa shape index (κ3) is 9.19. The molecule has 0 saturated carbocycles. The molecule has 32 heavy (non-hydrogen) atoms. The van der Waals surface area contributed by atoms with Gasteiger partial charge in [0, 0.05) is 70.2 Å². The molecule has 2 radical (unpaired) electrons. The molecule has 0 unspecified atom stereocenters. The van der Waals surface area contributed by atoms with Crippen LogP contribution in [0.15, 0.2) is 78.7 Å². The molecule has 2 aromatic carbocycles. The summed E-state index contributed by atoms with van der Waals surface area (Å²) >= 11 is 0. The van der Waals surface area contributed by atoms with E-state index in [9.17, 15) is 16.8 Å². The fraction of sp³-hybridized carbons (Fsp3) is 0. The predicted molar refractivity (Wildman–Crippen MR) is 122 cm³/mol. The van der Waals surface area contributed by atoms with Crippen LogP contribution in [0.25, 0.3) is 0 Å². The molecule has 0 atom stereocenters. The second-order valence-electron chi connectivity index (χ2n) is 5.49. The first kappa shape index (κ1) is 30.5. The van der Waals surface area contributed by atoms with Crippen molar-refractivity contribution < 1.29 is 25.9 Å². The van der Waals surface area contributed by atoms with E-state index in [-0.39, 0.29) is 91.7 Å². The number of benzene rings is 2. The van der Waals surface area contributed by atoms with E-state index in [1.165, 1.54) is 48.5 Å². The molecule has 12 nitrogen and oxygen atoms in total. The Morgan fingerprint density at radius 1 is 0.688 bits per heavy atom. The van der Waals surface area contributed by atoms with Gasteiger partial charge in [0.2, 0.25) is 0 Å². The fourth-order valence-corrected chi connectivity index (χ4v) is 3.39. The van der Waals surface area contributed by atoms with Crippen LogP contribution in [-0.2, 0) is 20.2 Å². The van der Waals surface area contributed by atoms with Crippen LogP contribution in [0.2, 0.25) is 0 Å². The number of hydrogen-bond donors (Lipinski definition) is 4. The van der Waals surface area contributed by atoms with Gasteiger partial charge < -0.3 is 11.5 Å². The minimum absolute atomic E-state index is 0.